The van der Waals surface area contributed by atoms with E-state index in [2.05, 4.69) is 40.1 Å². The highest BCUT2D eigenvalue weighted by Gasteiger charge is 2.85. The zero-order chi connectivity index (χ0) is 35.4. The van der Waals surface area contributed by atoms with Gasteiger partial charge in [0, 0.05) is 24.7 Å². The van der Waals surface area contributed by atoms with Crippen LogP contribution in [0.2, 0.25) is 0 Å². The lowest BCUT2D eigenvalue weighted by Crippen LogP contribution is -2.69. The van der Waals surface area contributed by atoms with Gasteiger partial charge in [0.05, 0.1) is 19.3 Å². The third-order valence-corrected chi connectivity index (χ3v) is 12.9. The van der Waals surface area contributed by atoms with E-state index in [0.29, 0.717) is 45.0 Å². The van der Waals surface area contributed by atoms with Crippen LogP contribution in [0.1, 0.15) is 86.0 Å². The van der Waals surface area contributed by atoms with E-state index >= 15 is 0 Å². The van der Waals surface area contributed by atoms with Crippen molar-refractivity contribution in [1.29, 1.82) is 0 Å². The van der Waals surface area contributed by atoms with Gasteiger partial charge < -0.3 is 36.6 Å². The molecule has 6 N–H and O–H groups in total. The fraction of sp³-hybridized carbons (Fsp3) is 0.722. The van der Waals surface area contributed by atoms with E-state index in [-0.39, 0.29) is 28.1 Å². The van der Waals surface area contributed by atoms with E-state index in [1.807, 2.05) is 39.0 Å². The van der Waals surface area contributed by atoms with E-state index in [1.165, 1.54) is 0 Å². The van der Waals surface area contributed by atoms with Crippen LogP contribution < -0.4 is 27.0 Å². The van der Waals surface area contributed by atoms with Crippen molar-refractivity contribution in [2.45, 2.75) is 110 Å². The van der Waals surface area contributed by atoms with E-state index in [1.54, 1.807) is 11.1 Å². The zero-order valence-corrected chi connectivity index (χ0v) is 29.5. The van der Waals surface area contributed by atoms with Gasteiger partial charge in [0.2, 0.25) is 17.6 Å². The quantitative estimate of drug-likeness (QED) is 0.209. The van der Waals surface area contributed by atoms with E-state index in [0.717, 1.165) is 38.5 Å². The molecule has 13 heteroatoms. The Kier molecular flexibility index (Phi) is 8.99. The van der Waals surface area contributed by atoms with Gasteiger partial charge in [-0.25, -0.2) is 9.78 Å². The Morgan fingerprint density at radius 2 is 1.76 bits per heavy atom. The lowest BCUT2D eigenvalue weighted by atomic mass is 9.73. The smallest absolute Gasteiger partial charge is 0.316 e. The fourth-order valence-corrected chi connectivity index (χ4v) is 9.31. The minimum absolute atomic E-state index is 0.0428. The molecule has 5 aliphatic rings. The number of Topliss-reactive ketones (excluding diaryl/α,β-unsaturated/α-hetero) is 1. The molecule has 2 saturated heterocycles. The maximum absolute atomic E-state index is 14.7. The van der Waals surface area contributed by atoms with Crippen LogP contribution in [0, 0.1) is 27.6 Å². The molecule has 3 saturated carbocycles. The first-order chi connectivity index (χ1) is 23.0. The van der Waals surface area contributed by atoms with E-state index in [4.69, 9.17) is 10.5 Å². The first kappa shape index (κ1) is 35.1. The summed E-state index contributed by atoms with van der Waals surface area (Å²) in [4.78, 5) is 73.3. The normalized spacial score (nSPS) is 27.1. The summed E-state index contributed by atoms with van der Waals surface area (Å²) in [5.74, 6) is -1.79. The van der Waals surface area contributed by atoms with Crippen LogP contribution in [0.5, 0.6) is 0 Å². The number of urea groups is 1. The number of nitrogens with two attached hydrogens (primary N) is 1. The lowest BCUT2D eigenvalue weighted by molar-refractivity contribution is -0.143. The van der Waals surface area contributed by atoms with Crippen LogP contribution in [0.3, 0.4) is 0 Å². The Bertz CT molecular complexity index is 1480. The van der Waals surface area contributed by atoms with Crippen LogP contribution in [-0.2, 0) is 23.9 Å². The SMILES string of the molecule is CC(C)(C)[C@H](NC(=O)NC1(CNc2ccccn2)COC1)C(=O)N1CC2(C[C@H]1C(=O)NC(CC1CCC1)C(=O)C(N)=O)C(C)(C)C21CCC1. The maximum atomic E-state index is 14.7. The topological polar surface area (TPSA) is 185 Å². The van der Waals surface area contributed by atoms with E-state index in [9.17, 15) is 24.0 Å². The third kappa shape index (κ3) is 6.05. The number of primary amides is 1. The Balaban J connectivity index is 1.21. The van der Waals surface area contributed by atoms with Crippen LogP contribution in [0.4, 0.5) is 10.6 Å². The summed E-state index contributed by atoms with van der Waals surface area (Å²) in [6.07, 6.45) is 8.59. The first-order valence-corrected chi connectivity index (χ1v) is 17.8. The van der Waals surface area contributed by atoms with Gasteiger partial charge in [-0.1, -0.05) is 66.4 Å². The molecule has 2 unspecified atom stereocenters. The molecule has 2 aliphatic heterocycles. The van der Waals surface area contributed by atoms with Crippen LogP contribution >= 0.6 is 0 Å². The molecule has 1 aromatic heterocycles. The summed E-state index contributed by atoms with van der Waals surface area (Å²) >= 11 is 0. The number of ether oxygens (including phenoxy) is 1. The highest BCUT2D eigenvalue weighted by Crippen LogP contribution is 2.88. The van der Waals surface area contributed by atoms with E-state index < -0.39 is 52.7 Å². The molecular weight excluding hydrogens is 626 g/mol. The second kappa shape index (κ2) is 12.5. The summed E-state index contributed by atoms with van der Waals surface area (Å²) in [7, 11) is 0. The standard InChI is InChI=1S/C36H53N7O6/c1-32(2,3)27(41-31(48)42-34(20-49-21-34)18-39-25-12-6-7-15-38-25)30(47)43-19-36(33(4,5)35(36)13-9-14-35)17-24(43)29(46)40-23(26(44)28(37)45)16-22-10-8-11-22/h6-7,12,15,22-24,27H,8-11,13-14,16-21H2,1-5H3,(H2,37,45)(H,38,39)(H,40,46)(H2,41,42,48)/t23?,24-,27+,36?/m0/s1. The number of carbonyl (C=O) groups excluding carboxylic acids is 5. The van der Waals surface area contributed by atoms with Gasteiger partial charge in [-0.05, 0) is 60.0 Å². The number of aromatic nitrogens is 1. The molecular formula is C36H53N7O6. The number of carbonyl (C=O) groups is 5. The predicted octanol–water partition coefficient (Wildman–Crippen LogP) is 2.50. The predicted molar refractivity (Wildman–Crippen MR) is 182 cm³/mol. The van der Waals surface area contributed by atoms with Crippen molar-refractivity contribution in [2.75, 3.05) is 31.6 Å². The Labute approximate surface area is 288 Å². The average Bonchev–Trinajstić information content (AvgIpc) is 3.21. The minimum atomic E-state index is -1.08. The van der Waals surface area contributed by atoms with Crippen molar-refractivity contribution in [3.8, 4) is 0 Å². The van der Waals surface area contributed by atoms with Crippen molar-refractivity contribution in [3.05, 3.63) is 24.4 Å². The molecule has 0 aromatic carbocycles. The summed E-state index contributed by atoms with van der Waals surface area (Å²) < 4.78 is 5.48. The number of rotatable bonds is 12. The second-order valence-electron chi connectivity index (χ2n) is 16.9. The minimum Gasteiger partial charge on any atom is -0.376 e. The molecule has 0 radical (unpaired) electrons. The summed E-state index contributed by atoms with van der Waals surface area (Å²) in [5.41, 5.74) is 3.70. The summed E-state index contributed by atoms with van der Waals surface area (Å²) in [6, 6.07) is 2.17. The van der Waals surface area contributed by atoms with Crippen molar-refractivity contribution in [3.63, 3.8) is 0 Å². The van der Waals surface area contributed by atoms with Gasteiger partial charge in [-0.2, -0.15) is 0 Å². The van der Waals surface area contributed by atoms with Crippen molar-refractivity contribution in [1.82, 2.24) is 25.8 Å². The number of likely N-dealkylation sites (tertiary alicyclic amines) is 1. The van der Waals surface area contributed by atoms with Gasteiger partial charge >= 0.3 is 6.03 Å². The molecule has 3 aliphatic carbocycles. The maximum Gasteiger partial charge on any atom is 0.316 e. The average molecular weight is 680 g/mol. The van der Waals surface area contributed by atoms with Crippen LogP contribution in [0.15, 0.2) is 24.4 Å². The Hall–Kier alpha value is -3.74. The highest BCUT2D eigenvalue weighted by molar-refractivity contribution is 6.37. The molecule has 3 heterocycles. The largest absolute Gasteiger partial charge is 0.376 e. The molecule has 13 nitrogen and oxygen atoms in total. The van der Waals surface area contributed by atoms with Crippen LogP contribution in [-0.4, -0.2) is 89.4 Å². The van der Waals surface area contributed by atoms with Crippen LogP contribution in [0.25, 0.3) is 0 Å². The molecule has 4 atom stereocenters. The number of hydrogen-bond donors (Lipinski definition) is 5. The number of fused-ring (bicyclic) bond motifs is 1. The summed E-state index contributed by atoms with van der Waals surface area (Å²) in [5, 5.41) is 12.1. The molecule has 268 valence electrons. The van der Waals surface area contributed by atoms with Gasteiger partial charge in [-0.3, -0.25) is 19.2 Å². The molecule has 2 spiro atoms. The zero-order valence-electron chi connectivity index (χ0n) is 29.5. The lowest BCUT2D eigenvalue weighted by Gasteiger charge is -2.43. The number of nitrogens with one attached hydrogen (secondary N) is 4. The van der Waals surface area contributed by atoms with Crippen molar-refractivity contribution >= 4 is 35.4 Å². The molecule has 0 bridgehead atoms. The van der Waals surface area contributed by atoms with Crippen molar-refractivity contribution < 1.29 is 28.7 Å². The number of ketones is 1. The highest BCUT2D eigenvalue weighted by atomic mass is 16.5. The fourth-order valence-electron chi connectivity index (χ4n) is 9.31. The third-order valence-electron chi connectivity index (χ3n) is 12.9. The molecule has 5 amide bonds. The molecule has 5 fully saturated rings. The number of nitrogens with zero attached hydrogens (tertiary/aromatic N) is 2. The molecule has 6 rings (SSSR count). The first-order valence-electron chi connectivity index (χ1n) is 17.8. The monoisotopic (exact) mass is 679 g/mol. The number of amides is 5. The Morgan fingerprint density at radius 1 is 1.04 bits per heavy atom. The van der Waals surface area contributed by atoms with Gasteiger partial charge in [-0.15, -0.1) is 0 Å². The molecule has 49 heavy (non-hydrogen) atoms. The number of hydrogen-bond acceptors (Lipinski definition) is 8. The Morgan fingerprint density at radius 3 is 2.24 bits per heavy atom. The summed E-state index contributed by atoms with van der Waals surface area (Å²) in [6.45, 7) is 11.5. The second-order valence-corrected chi connectivity index (χ2v) is 16.9. The van der Waals surface area contributed by atoms with Gasteiger partial charge in [0.15, 0.2) is 0 Å². The number of anilines is 1. The van der Waals surface area contributed by atoms with Gasteiger partial charge in [0.1, 0.15) is 23.4 Å². The molecule has 1 aromatic rings. The van der Waals surface area contributed by atoms with Crippen molar-refractivity contribution in [2.24, 2.45) is 33.3 Å². The van der Waals surface area contributed by atoms with Gasteiger partial charge in [0.25, 0.3) is 5.91 Å². The number of pyridine rings is 1.